The van der Waals surface area contributed by atoms with E-state index in [9.17, 15) is 9.18 Å². The summed E-state index contributed by atoms with van der Waals surface area (Å²) in [6, 6.07) is 7.90. The van der Waals surface area contributed by atoms with Gasteiger partial charge in [0.2, 0.25) is 0 Å². The zero-order chi connectivity index (χ0) is 11.7. The van der Waals surface area contributed by atoms with Crippen molar-refractivity contribution in [3.8, 4) is 11.3 Å². The molecule has 0 unspecified atom stereocenters. The van der Waals surface area contributed by atoms with Crippen LogP contribution in [0, 0.1) is 19.7 Å². The van der Waals surface area contributed by atoms with E-state index in [1.54, 1.807) is 26.0 Å². The smallest absolute Gasteiger partial charge is 0.182 e. The molecule has 16 heavy (non-hydrogen) atoms. The van der Waals surface area contributed by atoms with E-state index in [1.165, 1.54) is 18.2 Å². The number of hydrogen-bond donors (Lipinski definition) is 1. The van der Waals surface area contributed by atoms with Crippen LogP contribution in [0.4, 0.5) is 4.39 Å². The first-order valence-corrected chi connectivity index (χ1v) is 5.04. The van der Waals surface area contributed by atoms with Gasteiger partial charge in [0.1, 0.15) is 5.82 Å². The van der Waals surface area contributed by atoms with Crippen LogP contribution in [0.3, 0.4) is 0 Å². The van der Waals surface area contributed by atoms with E-state index in [1.807, 2.05) is 0 Å². The summed E-state index contributed by atoms with van der Waals surface area (Å²) in [4.78, 5) is 14.4. The van der Waals surface area contributed by atoms with Crippen molar-refractivity contribution in [1.29, 1.82) is 0 Å². The third-order valence-electron chi connectivity index (χ3n) is 2.46. The fourth-order valence-corrected chi connectivity index (χ4v) is 1.60. The first kappa shape index (κ1) is 10.6. The van der Waals surface area contributed by atoms with Crippen molar-refractivity contribution in [3.63, 3.8) is 0 Å². The highest BCUT2D eigenvalue weighted by molar-refractivity contribution is 5.59. The average Bonchev–Trinajstić information content (AvgIpc) is 2.20. The van der Waals surface area contributed by atoms with Crippen molar-refractivity contribution in [2.24, 2.45) is 0 Å². The highest BCUT2D eigenvalue weighted by atomic mass is 19.1. The zero-order valence-corrected chi connectivity index (χ0v) is 9.17. The van der Waals surface area contributed by atoms with Gasteiger partial charge >= 0.3 is 0 Å². The molecule has 1 heterocycles. The Morgan fingerprint density at radius 1 is 1.12 bits per heavy atom. The maximum Gasteiger partial charge on any atom is 0.182 e. The van der Waals surface area contributed by atoms with Crippen LogP contribution in [-0.2, 0) is 0 Å². The van der Waals surface area contributed by atoms with E-state index in [2.05, 4.69) is 4.98 Å². The van der Waals surface area contributed by atoms with Crippen molar-refractivity contribution in [2.75, 3.05) is 0 Å². The number of rotatable bonds is 1. The standard InChI is InChI=1S/C13H12FNO/c1-8-3-4-10(6-12(8)14)13-7-11(16)5-9(2)15-13/h3-7H,1-2H3,(H,15,16). The Labute approximate surface area is 92.8 Å². The normalized spacial score (nSPS) is 10.4. The van der Waals surface area contributed by atoms with E-state index in [0.29, 0.717) is 16.8 Å². The predicted octanol–water partition coefficient (Wildman–Crippen LogP) is 2.80. The minimum Gasteiger partial charge on any atom is -0.358 e. The third-order valence-corrected chi connectivity index (χ3v) is 2.46. The van der Waals surface area contributed by atoms with Gasteiger partial charge in [-0.15, -0.1) is 0 Å². The Bertz CT molecular complexity index is 587. The maximum absolute atomic E-state index is 13.4. The Morgan fingerprint density at radius 3 is 2.50 bits per heavy atom. The lowest BCUT2D eigenvalue weighted by Gasteiger charge is -2.04. The lowest BCUT2D eigenvalue weighted by molar-refractivity contribution is 0.619. The SMILES string of the molecule is Cc1cc(=O)cc(-c2ccc(C)c(F)c2)[nH]1. The van der Waals surface area contributed by atoms with Gasteiger partial charge < -0.3 is 4.98 Å². The number of H-pyrrole nitrogens is 1. The Morgan fingerprint density at radius 2 is 1.88 bits per heavy atom. The van der Waals surface area contributed by atoms with Gasteiger partial charge in [-0.2, -0.15) is 0 Å². The number of pyridine rings is 1. The molecule has 0 aliphatic rings. The van der Waals surface area contributed by atoms with Crippen molar-refractivity contribution in [1.82, 2.24) is 4.98 Å². The summed E-state index contributed by atoms with van der Waals surface area (Å²) in [5.41, 5.74) is 2.61. The van der Waals surface area contributed by atoms with Gasteiger partial charge in [0.15, 0.2) is 5.43 Å². The van der Waals surface area contributed by atoms with Crippen LogP contribution in [-0.4, -0.2) is 4.98 Å². The van der Waals surface area contributed by atoms with E-state index in [0.717, 1.165) is 5.69 Å². The first-order chi connectivity index (χ1) is 7.56. The van der Waals surface area contributed by atoms with Gasteiger partial charge in [-0.25, -0.2) is 4.39 Å². The van der Waals surface area contributed by atoms with Crippen molar-refractivity contribution < 1.29 is 4.39 Å². The lowest BCUT2D eigenvalue weighted by atomic mass is 10.1. The minimum atomic E-state index is -0.264. The fraction of sp³-hybridized carbons (Fsp3) is 0.154. The molecule has 0 amide bonds. The first-order valence-electron chi connectivity index (χ1n) is 5.04. The molecule has 82 valence electrons. The largest absolute Gasteiger partial charge is 0.358 e. The number of halogens is 1. The minimum absolute atomic E-state index is 0.0766. The quantitative estimate of drug-likeness (QED) is 0.782. The monoisotopic (exact) mass is 217 g/mol. The van der Waals surface area contributed by atoms with Crippen LogP contribution in [0.2, 0.25) is 0 Å². The summed E-state index contributed by atoms with van der Waals surface area (Å²) in [7, 11) is 0. The number of aromatic amines is 1. The molecule has 0 aliphatic carbocycles. The van der Waals surface area contributed by atoms with Crippen molar-refractivity contribution in [3.05, 3.63) is 57.6 Å². The molecule has 0 saturated carbocycles. The molecule has 1 aromatic heterocycles. The van der Waals surface area contributed by atoms with Crippen LogP contribution in [0.5, 0.6) is 0 Å². The lowest BCUT2D eigenvalue weighted by Crippen LogP contribution is -2.01. The number of benzene rings is 1. The molecule has 2 aromatic rings. The molecule has 0 radical (unpaired) electrons. The Balaban J connectivity index is 2.58. The zero-order valence-electron chi connectivity index (χ0n) is 9.17. The molecular weight excluding hydrogens is 205 g/mol. The average molecular weight is 217 g/mol. The molecule has 0 aliphatic heterocycles. The molecule has 0 atom stereocenters. The molecule has 0 spiro atoms. The molecule has 2 rings (SSSR count). The molecule has 0 bridgehead atoms. The van der Waals surface area contributed by atoms with Crippen molar-refractivity contribution >= 4 is 0 Å². The number of aromatic nitrogens is 1. The maximum atomic E-state index is 13.4. The van der Waals surface area contributed by atoms with Gasteiger partial charge in [-0.05, 0) is 25.5 Å². The van der Waals surface area contributed by atoms with E-state index in [4.69, 9.17) is 0 Å². The predicted molar refractivity (Wildman–Crippen MR) is 61.9 cm³/mol. The van der Waals surface area contributed by atoms with Crippen molar-refractivity contribution in [2.45, 2.75) is 13.8 Å². The molecule has 0 saturated heterocycles. The molecule has 0 fully saturated rings. The highest BCUT2D eigenvalue weighted by Gasteiger charge is 2.03. The summed E-state index contributed by atoms with van der Waals surface area (Å²) >= 11 is 0. The molecule has 1 N–H and O–H groups in total. The fourth-order valence-electron chi connectivity index (χ4n) is 1.60. The summed E-state index contributed by atoms with van der Waals surface area (Å²) in [6.45, 7) is 3.51. The summed E-state index contributed by atoms with van der Waals surface area (Å²) in [6.07, 6.45) is 0. The van der Waals surface area contributed by atoms with Crippen LogP contribution in [0.25, 0.3) is 11.3 Å². The van der Waals surface area contributed by atoms with Gasteiger partial charge in [-0.3, -0.25) is 4.79 Å². The van der Waals surface area contributed by atoms with E-state index in [-0.39, 0.29) is 11.2 Å². The summed E-state index contributed by atoms with van der Waals surface area (Å²) in [5.74, 6) is -0.264. The number of hydrogen-bond acceptors (Lipinski definition) is 1. The van der Waals surface area contributed by atoms with Crippen LogP contribution in [0.1, 0.15) is 11.3 Å². The Kier molecular flexibility index (Phi) is 2.60. The van der Waals surface area contributed by atoms with Gasteiger partial charge in [-0.1, -0.05) is 12.1 Å². The van der Waals surface area contributed by atoms with Crippen LogP contribution in [0.15, 0.2) is 35.1 Å². The Hall–Kier alpha value is -1.90. The van der Waals surface area contributed by atoms with Gasteiger partial charge in [0.05, 0.1) is 0 Å². The summed E-state index contributed by atoms with van der Waals surface area (Å²) in [5, 5.41) is 0. The van der Waals surface area contributed by atoms with Gasteiger partial charge in [0.25, 0.3) is 0 Å². The van der Waals surface area contributed by atoms with Gasteiger partial charge in [0, 0.05) is 29.1 Å². The third kappa shape index (κ3) is 2.03. The topological polar surface area (TPSA) is 32.9 Å². The van der Waals surface area contributed by atoms with Crippen LogP contribution < -0.4 is 5.43 Å². The number of aryl methyl sites for hydroxylation is 2. The van der Waals surface area contributed by atoms with Crippen LogP contribution >= 0.6 is 0 Å². The summed E-state index contributed by atoms with van der Waals surface area (Å²) < 4.78 is 13.4. The molecular formula is C13H12FNO. The number of nitrogens with one attached hydrogen (secondary N) is 1. The van der Waals surface area contributed by atoms with E-state index >= 15 is 0 Å². The highest BCUT2D eigenvalue weighted by Crippen LogP contribution is 2.18. The molecule has 3 heteroatoms. The second-order valence-corrected chi connectivity index (χ2v) is 3.88. The second kappa shape index (κ2) is 3.93. The molecule has 1 aromatic carbocycles. The second-order valence-electron chi connectivity index (χ2n) is 3.88. The van der Waals surface area contributed by atoms with E-state index < -0.39 is 0 Å². The molecule has 2 nitrogen and oxygen atoms in total.